The molecule has 1 aromatic heterocycles. The summed E-state index contributed by atoms with van der Waals surface area (Å²) in [6.07, 6.45) is 11.6. The van der Waals surface area contributed by atoms with Gasteiger partial charge in [0, 0.05) is 5.41 Å². The summed E-state index contributed by atoms with van der Waals surface area (Å²) in [5.41, 5.74) is 7.54. The molecule has 1 heteroatoms. The number of thiophene rings is 1. The van der Waals surface area contributed by atoms with Gasteiger partial charge in [-0.2, -0.15) is 11.3 Å². The zero-order valence-electron chi connectivity index (χ0n) is 18.9. The lowest BCUT2D eigenvalue weighted by Crippen LogP contribution is -1.98. The highest BCUT2D eigenvalue weighted by Crippen LogP contribution is 2.24. The normalized spacial score (nSPS) is 12.3. The van der Waals surface area contributed by atoms with Crippen molar-refractivity contribution in [3.63, 3.8) is 0 Å². The Kier molecular flexibility index (Phi) is 7.88. The number of benzene rings is 2. The number of hydrogen-bond acceptors (Lipinski definition) is 1. The van der Waals surface area contributed by atoms with Crippen molar-refractivity contribution in [2.75, 3.05) is 0 Å². The Balaban J connectivity index is 1.66. The summed E-state index contributed by atoms with van der Waals surface area (Å²) in [5, 5.41) is 4.31. The molecule has 0 atom stereocenters. The highest BCUT2D eigenvalue weighted by atomic mass is 32.1. The fourth-order valence-electron chi connectivity index (χ4n) is 3.10. The van der Waals surface area contributed by atoms with Crippen molar-refractivity contribution < 1.29 is 0 Å². The molecule has 0 radical (unpaired) electrons. The molecule has 0 saturated heterocycles. The molecule has 0 N–H and O–H groups in total. The lowest BCUT2D eigenvalue weighted by Gasteiger charge is -2.05. The van der Waals surface area contributed by atoms with Gasteiger partial charge in [-0.1, -0.05) is 78.1 Å². The first kappa shape index (κ1) is 22.6. The van der Waals surface area contributed by atoms with Gasteiger partial charge >= 0.3 is 0 Å². The maximum absolute atomic E-state index is 3.23. The van der Waals surface area contributed by atoms with Crippen molar-refractivity contribution in [1.82, 2.24) is 0 Å². The van der Waals surface area contributed by atoms with Gasteiger partial charge < -0.3 is 0 Å². The van der Waals surface area contributed by atoms with E-state index in [9.17, 15) is 0 Å². The van der Waals surface area contributed by atoms with Gasteiger partial charge in [0.15, 0.2) is 0 Å². The van der Waals surface area contributed by atoms with E-state index in [1.165, 1.54) is 33.4 Å². The highest BCUT2D eigenvalue weighted by Gasteiger charge is 2.02. The van der Waals surface area contributed by atoms with Crippen LogP contribution in [0.1, 0.15) is 50.8 Å². The first-order chi connectivity index (χ1) is 14.9. The molecule has 0 aliphatic heterocycles. The maximum atomic E-state index is 3.23. The molecular weight excluding hydrogens is 392 g/mol. The molecule has 0 aliphatic rings. The Morgan fingerprint density at radius 2 is 1.61 bits per heavy atom. The summed E-state index contributed by atoms with van der Waals surface area (Å²) in [6.45, 7) is 8.54. The third kappa shape index (κ3) is 7.93. The smallest absolute Gasteiger partial charge is 0.0233 e. The average Bonchev–Trinajstić information content (AvgIpc) is 3.27. The molecule has 0 fully saturated rings. The van der Waals surface area contributed by atoms with Gasteiger partial charge in [0.05, 0.1) is 0 Å². The Labute approximate surface area is 191 Å². The molecule has 31 heavy (non-hydrogen) atoms. The van der Waals surface area contributed by atoms with Gasteiger partial charge in [0.2, 0.25) is 0 Å². The Hall–Kier alpha value is -3.08. The average molecular weight is 423 g/mol. The maximum Gasteiger partial charge on any atom is 0.0233 e. The summed E-state index contributed by atoms with van der Waals surface area (Å²) >= 11 is 1.73. The third-order valence-corrected chi connectivity index (χ3v) is 5.30. The van der Waals surface area contributed by atoms with Gasteiger partial charge in [-0.3, -0.25) is 0 Å². The zero-order valence-corrected chi connectivity index (χ0v) is 19.7. The first-order valence-corrected chi connectivity index (χ1v) is 11.6. The van der Waals surface area contributed by atoms with E-state index in [0.29, 0.717) is 0 Å². The number of hydrogen-bond donors (Lipinski definition) is 0. The van der Waals surface area contributed by atoms with Gasteiger partial charge in [-0.05, 0) is 97.0 Å². The Morgan fingerprint density at radius 3 is 2.32 bits per heavy atom. The zero-order chi connectivity index (χ0) is 22.1. The lowest BCUT2D eigenvalue weighted by atomic mass is 9.98. The highest BCUT2D eigenvalue weighted by molar-refractivity contribution is 7.08. The van der Waals surface area contributed by atoms with E-state index in [2.05, 4.69) is 129 Å². The van der Waals surface area contributed by atoms with Crippen molar-refractivity contribution >= 4 is 29.6 Å². The van der Waals surface area contributed by atoms with E-state index in [0.717, 1.165) is 6.42 Å². The van der Waals surface area contributed by atoms with E-state index in [1.54, 1.807) is 11.3 Å². The summed E-state index contributed by atoms with van der Waals surface area (Å²) in [6, 6.07) is 19.5. The van der Waals surface area contributed by atoms with Gasteiger partial charge in [0.25, 0.3) is 0 Å². The molecular formula is C30H30S. The van der Waals surface area contributed by atoms with Crippen LogP contribution in [0, 0.1) is 17.3 Å². The molecule has 0 bridgehead atoms. The van der Waals surface area contributed by atoms with Crippen LogP contribution >= 0.6 is 11.3 Å². The molecule has 0 saturated carbocycles. The molecule has 3 aromatic rings. The molecule has 1 heterocycles. The van der Waals surface area contributed by atoms with Crippen LogP contribution in [0.5, 0.6) is 0 Å². The minimum absolute atomic E-state index is 0.0500. The van der Waals surface area contributed by atoms with E-state index < -0.39 is 0 Å². The van der Waals surface area contributed by atoms with Crippen molar-refractivity contribution in [3.05, 3.63) is 99.8 Å². The second-order valence-electron chi connectivity index (χ2n) is 8.76. The van der Waals surface area contributed by atoms with Gasteiger partial charge in [0.1, 0.15) is 0 Å². The van der Waals surface area contributed by atoms with Crippen LogP contribution < -0.4 is 0 Å². The second-order valence-corrected chi connectivity index (χ2v) is 9.54. The fraction of sp³-hybridized carbons (Fsp3) is 0.200. The van der Waals surface area contributed by atoms with Crippen LogP contribution in [0.15, 0.2) is 83.1 Å². The van der Waals surface area contributed by atoms with Gasteiger partial charge in [-0.25, -0.2) is 0 Å². The first-order valence-electron chi connectivity index (χ1n) is 10.6. The Bertz CT molecular complexity index is 1140. The van der Waals surface area contributed by atoms with E-state index in [1.807, 2.05) is 6.08 Å². The van der Waals surface area contributed by atoms with Crippen LogP contribution in [0.3, 0.4) is 0 Å². The topological polar surface area (TPSA) is 0 Å². The van der Waals surface area contributed by atoms with Crippen molar-refractivity contribution in [1.29, 1.82) is 0 Å². The number of rotatable bonds is 6. The van der Waals surface area contributed by atoms with Crippen LogP contribution in [0.2, 0.25) is 0 Å². The minimum atomic E-state index is 0.0500. The molecule has 0 spiro atoms. The van der Waals surface area contributed by atoms with Crippen LogP contribution in [0.4, 0.5) is 0 Å². The van der Waals surface area contributed by atoms with E-state index in [4.69, 9.17) is 0 Å². The third-order valence-electron chi connectivity index (χ3n) is 4.62. The standard InChI is InChI=1S/C30H30S/c1-24(10-6-5-7-18-30(2,3)4)20-27-13-8-11-25(21-27)15-16-26-12-9-14-28(22-26)29-17-19-31-23-29/h5-6,8-9,11-17,19-23H,10H2,1-4H3/b6-5+,16-15?,24-20-. The molecule has 156 valence electrons. The predicted octanol–water partition coefficient (Wildman–Crippen LogP) is 8.98. The fourth-order valence-corrected chi connectivity index (χ4v) is 3.77. The summed E-state index contributed by atoms with van der Waals surface area (Å²) in [5.74, 6) is 6.36. The molecule has 2 aromatic carbocycles. The van der Waals surface area contributed by atoms with Gasteiger partial charge in [-0.15, -0.1) is 0 Å². The second kappa shape index (κ2) is 10.8. The largest absolute Gasteiger partial charge is 0.152 e. The van der Waals surface area contributed by atoms with E-state index >= 15 is 0 Å². The molecule has 3 rings (SSSR count). The monoisotopic (exact) mass is 422 g/mol. The summed E-state index contributed by atoms with van der Waals surface area (Å²) in [7, 11) is 0. The van der Waals surface area contributed by atoms with E-state index in [-0.39, 0.29) is 5.41 Å². The quantitative estimate of drug-likeness (QED) is 0.275. The Morgan fingerprint density at radius 1 is 0.903 bits per heavy atom. The molecule has 0 amide bonds. The SMILES string of the molecule is C/C(=C/c1cccc(C=Cc2cccc(-c3ccsc3)c2)c1)C/C=C/C#CC(C)(C)C. The number of allylic oxidation sites excluding steroid dienone is 3. The summed E-state index contributed by atoms with van der Waals surface area (Å²) in [4.78, 5) is 0. The van der Waals surface area contributed by atoms with Crippen molar-refractivity contribution in [3.8, 4) is 23.0 Å². The van der Waals surface area contributed by atoms with Crippen LogP contribution in [-0.4, -0.2) is 0 Å². The van der Waals surface area contributed by atoms with Crippen molar-refractivity contribution in [2.45, 2.75) is 34.1 Å². The van der Waals surface area contributed by atoms with Crippen LogP contribution in [0.25, 0.3) is 29.4 Å². The predicted molar refractivity (Wildman–Crippen MR) is 140 cm³/mol. The minimum Gasteiger partial charge on any atom is -0.152 e. The molecule has 0 unspecified atom stereocenters. The van der Waals surface area contributed by atoms with Crippen LogP contribution in [-0.2, 0) is 0 Å². The van der Waals surface area contributed by atoms with Crippen molar-refractivity contribution in [2.24, 2.45) is 5.41 Å². The molecule has 0 nitrogen and oxygen atoms in total. The lowest BCUT2D eigenvalue weighted by molar-refractivity contribution is 0.571. The molecule has 0 aliphatic carbocycles. The summed E-state index contributed by atoms with van der Waals surface area (Å²) < 4.78 is 0.